The lowest BCUT2D eigenvalue weighted by atomic mass is 10.2. The Morgan fingerprint density at radius 3 is 3.05 bits per heavy atom. The molecule has 2 N–H and O–H groups in total. The Hall–Kier alpha value is -2.01. The molecule has 1 aromatic carbocycles. The smallest absolute Gasteiger partial charge is 0.319 e. The van der Waals surface area contributed by atoms with E-state index in [9.17, 15) is 4.79 Å². The maximum Gasteiger partial charge on any atom is 0.319 e. The molecule has 1 aromatic heterocycles. The molecule has 0 atom stereocenters. The van der Waals surface area contributed by atoms with Crippen LogP contribution in [-0.4, -0.2) is 22.1 Å². The number of aryl methyl sites for hydroxylation is 2. The number of amides is 2. The van der Waals surface area contributed by atoms with E-state index in [2.05, 4.69) is 15.6 Å². The van der Waals surface area contributed by atoms with E-state index in [4.69, 9.17) is 11.6 Å². The van der Waals surface area contributed by atoms with Gasteiger partial charge in [0, 0.05) is 36.2 Å². The minimum Gasteiger partial charge on any atom is -0.338 e. The molecule has 1 heterocycles. The zero-order chi connectivity index (χ0) is 14.4. The maximum absolute atomic E-state index is 11.8. The second-order valence-electron chi connectivity index (χ2n) is 4.49. The number of nitrogens with zero attached hydrogens (tertiary/aromatic N) is 2. The number of benzene rings is 1. The molecule has 0 radical (unpaired) electrons. The third kappa shape index (κ3) is 4.28. The summed E-state index contributed by atoms with van der Waals surface area (Å²) in [5.74, 6) is 0. The summed E-state index contributed by atoms with van der Waals surface area (Å²) >= 11 is 5.90. The monoisotopic (exact) mass is 292 g/mol. The van der Waals surface area contributed by atoms with E-state index in [0.29, 0.717) is 11.6 Å². The van der Waals surface area contributed by atoms with Gasteiger partial charge in [-0.05, 0) is 31.0 Å². The van der Waals surface area contributed by atoms with Gasteiger partial charge < -0.3 is 15.2 Å². The zero-order valence-corrected chi connectivity index (χ0v) is 12.0. The van der Waals surface area contributed by atoms with Gasteiger partial charge in [-0.1, -0.05) is 17.7 Å². The number of nitrogens with one attached hydrogen (secondary N) is 2. The van der Waals surface area contributed by atoms with E-state index in [-0.39, 0.29) is 6.03 Å². The van der Waals surface area contributed by atoms with Gasteiger partial charge in [-0.2, -0.15) is 0 Å². The summed E-state index contributed by atoms with van der Waals surface area (Å²) in [6.07, 6.45) is 6.24. The van der Waals surface area contributed by atoms with Crippen LogP contribution in [0.5, 0.6) is 0 Å². The summed E-state index contributed by atoms with van der Waals surface area (Å²) in [5, 5.41) is 6.21. The van der Waals surface area contributed by atoms with Gasteiger partial charge in [-0.15, -0.1) is 0 Å². The van der Waals surface area contributed by atoms with Crippen molar-refractivity contribution < 1.29 is 4.79 Å². The molecule has 2 amide bonds. The summed E-state index contributed by atoms with van der Waals surface area (Å²) in [7, 11) is 0. The molecule has 20 heavy (non-hydrogen) atoms. The lowest BCUT2D eigenvalue weighted by Crippen LogP contribution is -2.30. The Morgan fingerprint density at radius 2 is 2.30 bits per heavy atom. The van der Waals surface area contributed by atoms with Crippen molar-refractivity contribution in [1.82, 2.24) is 14.9 Å². The van der Waals surface area contributed by atoms with Crippen LogP contribution >= 0.6 is 11.6 Å². The molecule has 0 unspecified atom stereocenters. The van der Waals surface area contributed by atoms with Crippen molar-refractivity contribution in [3.63, 3.8) is 0 Å². The third-order valence-electron chi connectivity index (χ3n) is 2.89. The predicted octanol–water partition coefficient (Wildman–Crippen LogP) is 3.06. The largest absolute Gasteiger partial charge is 0.338 e. The van der Waals surface area contributed by atoms with Gasteiger partial charge in [0.2, 0.25) is 0 Å². The fraction of sp³-hybridized carbons (Fsp3) is 0.286. The van der Waals surface area contributed by atoms with Crippen molar-refractivity contribution in [2.45, 2.75) is 19.9 Å². The predicted molar refractivity (Wildman–Crippen MR) is 80.1 cm³/mol. The lowest BCUT2D eigenvalue weighted by Gasteiger charge is -2.10. The highest BCUT2D eigenvalue weighted by Gasteiger charge is 2.04. The molecular formula is C14H17ClN4O. The van der Waals surface area contributed by atoms with Crippen LogP contribution in [0.25, 0.3) is 0 Å². The van der Waals surface area contributed by atoms with Gasteiger partial charge in [0.05, 0.1) is 6.33 Å². The molecule has 0 bridgehead atoms. The van der Waals surface area contributed by atoms with Crippen LogP contribution < -0.4 is 10.6 Å². The first-order valence-corrected chi connectivity index (χ1v) is 6.80. The molecule has 2 rings (SSSR count). The van der Waals surface area contributed by atoms with E-state index < -0.39 is 0 Å². The van der Waals surface area contributed by atoms with Gasteiger partial charge in [-0.25, -0.2) is 9.78 Å². The van der Waals surface area contributed by atoms with Crippen molar-refractivity contribution in [3.8, 4) is 0 Å². The number of carbonyl (C=O) groups excluding carboxylic acids is 1. The fourth-order valence-electron chi connectivity index (χ4n) is 1.78. The van der Waals surface area contributed by atoms with Crippen LogP contribution in [0.1, 0.15) is 12.0 Å². The zero-order valence-electron chi connectivity index (χ0n) is 11.3. The Morgan fingerprint density at radius 1 is 1.45 bits per heavy atom. The first-order chi connectivity index (χ1) is 9.65. The van der Waals surface area contributed by atoms with Crippen molar-refractivity contribution in [2.75, 3.05) is 11.9 Å². The van der Waals surface area contributed by atoms with Crippen molar-refractivity contribution >= 4 is 23.3 Å². The molecule has 106 valence electrons. The number of halogens is 1. The van der Waals surface area contributed by atoms with E-state index in [1.807, 2.05) is 23.8 Å². The number of hydrogen-bond acceptors (Lipinski definition) is 2. The molecule has 5 nitrogen and oxygen atoms in total. The van der Waals surface area contributed by atoms with Gasteiger partial charge in [0.1, 0.15) is 0 Å². The number of carbonyl (C=O) groups is 1. The molecule has 0 saturated heterocycles. The molecule has 0 aliphatic carbocycles. The lowest BCUT2D eigenvalue weighted by molar-refractivity contribution is 0.252. The fourth-order valence-corrected chi connectivity index (χ4v) is 1.95. The second-order valence-corrected chi connectivity index (χ2v) is 4.93. The summed E-state index contributed by atoms with van der Waals surface area (Å²) in [5.41, 5.74) is 1.70. The Balaban J connectivity index is 1.73. The number of rotatable bonds is 5. The van der Waals surface area contributed by atoms with Crippen LogP contribution in [0.2, 0.25) is 5.02 Å². The standard InChI is InChI=1S/C14H17ClN4O/c1-11-3-4-12(15)9-13(11)18-14(20)17-5-2-7-19-8-6-16-10-19/h3-4,6,8-10H,2,5,7H2,1H3,(H2,17,18,20). The Bertz CT molecular complexity index is 569. The second kappa shape index (κ2) is 6.96. The number of anilines is 1. The molecule has 0 spiro atoms. The van der Waals surface area contributed by atoms with Gasteiger partial charge in [0.25, 0.3) is 0 Å². The summed E-state index contributed by atoms with van der Waals surface area (Å²) in [6, 6.07) is 5.19. The Labute approximate surface area is 123 Å². The van der Waals surface area contributed by atoms with E-state index in [1.54, 1.807) is 24.7 Å². The van der Waals surface area contributed by atoms with Crippen molar-refractivity contribution in [1.29, 1.82) is 0 Å². The number of aromatic nitrogens is 2. The average Bonchev–Trinajstić information content (AvgIpc) is 2.92. The first kappa shape index (κ1) is 14.4. The molecular weight excluding hydrogens is 276 g/mol. The van der Waals surface area contributed by atoms with E-state index in [1.165, 1.54) is 0 Å². The summed E-state index contributed by atoms with van der Waals surface area (Å²) in [4.78, 5) is 15.7. The van der Waals surface area contributed by atoms with Crippen molar-refractivity contribution in [3.05, 3.63) is 47.5 Å². The van der Waals surface area contributed by atoms with Crippen LogP contribution in [-0.2, 0) is 6.54 Å². The topological polar surface area (TPSA) is 59.0 Å². The van der Waals surface area contributed by atoms with E-state index >= 15 is 0 Å². The molecule has 0 aliphatic heterocycles. The third-order valence-corrected chi connectivity index (χ3v) is 3.12. The van der Waals surface area contributed by atoms with Crippen molar-refractivity contribution in [2.24, 2.45) is 0 Å². The highest BCUT2D eigenvalue weighted by Crippen LogP contribution is 2.19. The summed E-state index contributed by atoms with van der Waals surface area (Å²) < 4.78 is 1.97. The maximum atomic E-state index is 11.8. The van der Waals surface area contributed by atoms with E-state index in [0.717, 1.165) is 24.2 Å². The van der Waals surface area contributed by atoms with Gasteiger partial charge in [0.15, 0.2) is 0 Å². The van der Waals surface area contributed by atoms with Gasteiger partial charge >= 0.3 is 6.03 Å². The minimum atomic E-state index is -0.221. The normalized spacial score (nSPS) is 10.3. The molecule has 0 fully saturated rings. The quantitative estimate of drug-likeness (QED) is 0.832. The van der Waals surface area contributed by atoms with Crippen LogP contribution in [0.3, 0.4) is 0 Å². The average molecular weight is 293 g/mol. The molecule has 2 aromatic rings. The Kier molecular flexibility index (Phi) is 5.01. The first-order valence-electron chi connectivity index (χ1n) is 6.42. The minimum absolute atomic E-state index is 0.221. The summed E-state index contributed by atoms with van der Waals surface area (Å²) in [6.45, 7) is 3.35. The highest BCUT2D eigenvalue weighted by molar-refractivity contribution is 6.31. The molecule has 0 saturated carbocycles. The van der Waals surface area contributed by atoms with Crippen LogP contribution in [0.15, 0.2) is 36.9 Å². The molecule has 6 heteroatoms. The molecule has 0 aliphatic rings. The van der Waals surface area contributed by atoms with Crippen LogP contribution in [0, 0.1) is 6.92 Å². The number of imidazole rings is 1. The van der Waals surface area contributed by atoms with Crippen LogP contribution in [0.4, 0.5) is 10.5 Å². The van der Waals surface area contributed by atoms with Gasteiger partial charge in [-0.3, -0.25) is 0 Å². The SMILES string of the molecule is Cc1ccc(Cl)cc1NC(=O)NCCCn1ccnc1. The highest BCUT2D eigenvalue weighted by atomic mass is 35.5. The number of urea groups is 1. The number of hydrogen-bond donors (Lipinski definition) is 2.